The number of ether oxygens (including phenoxy) is 1. The van der Waals surface area contributed by atoms with Crippen molar-refractivity contribution in [1.29, 1.82) is 0 Å². The summed E-state index contributed by atoms with van der Waals surface area (Å²) in [6, 6.07) is 3.29. The maximum atomic E-state index is 12.2. The molecule has 0 atom stereocenters. The van der Waals surface area contributed by atoms with Crippen LogP contribution in [0.3, 0.4) is 0 Å². The summed E-state index contributed by atoms with van der Waals surface area (Å²) in [4.78, 5) is 32.6. The van der Waals surface area contributed by atoms with Crippen molar-refractivity contribution in [2.75, 3.05) is 45.3 Å². The molecule has 2 aromatic rings. The summed E-state index contributed by atoms with van der Waals surface area (Å²) in [5.74, 6) is 0.188. The number of rotatable bonds is 3. The molecule has 1 aliphatic heterocycles. The van der Waals surface area contributed by atoms with Crippen LogP contribution in [0.4, 0.5) is 5.82 Å². The number of halogens is 1. The number of aromatic nitrogens is 3. The minimum Gasteiger partial charge on any atom is -0.378 e. The fourth-order valence-corrected chi connectivity index (χ4v) is 2.49. The number of anilines is 1. The van der Waals surface area contributed by atoms with Gasteiger partial charge in [0, 0.05) is 27.2 Å². The highest BCUT2D eigenvalue weighted by Crippen LogP contribution is 2.25. The van der Waals surface area contributed by atoms with E-state index in [1.54, 1.807) is 31.1 Å². The molecule has 0 spiro atoms. The number of nitrogens with zero attached hydrogens (tertiary/aromatic N) is 6. The SMILES string of the molecule is CN(C)C=NC(=O)c1ccc2nc(Cl)nc(N3CCOCC3)c2n1. The normalized spacial score (nSPS) is 15.2. The zero-order valence-corrected chi connectivity index (χ0v) is 14.2. The molecule has 0 aromatic carbocycles. The van der Waals surface area contributed by atoms with Crippen molar-refractivity contribution >= 4 is 40.7 Å². The molecule has 126 valence electrons. The number of pyridine rings is 1. The van der Waals surface area contributed by atoms with E-state index < -0.39 is 5.91 Å². The topological polar surface area (TPSA) is 83.8 Å². The fraction of sp³-hybridized carbons (Fsp3) is 0.400. The second kappa shape index (κ2) is 7.06. The lowest BCUT2D eigenvalue weighted by molar-refractivity contribution is 0.0998. The van der Waals surface area contributed by atoms with Crippen molar-refractivity contribution < 1.29 is 9.53 Å². The van der Waals surface area contributed by atoms with Gasteiger partial charge in [0.1, 0.15) is 11.2 Å². The molecule has 0 unspecified atom stereocenters. The molecule has 0 saturated carbocycles. The average Bonchev–Trinajstić information content (AvgIpc) is 2.59. The van der Waals surface area contributed by atoms with Crippen LogP contribution in [-0.2, 0) is 4.74 Å². The lowest BCUT2D eigenvalue weighted by Gasteiger charge is -2.28. The van der Waals surface area contributed by atoms with Crippen LogP contribution in [0.15, 0.2) is 17.1 Å². The molecule has 3 rings (SSSR count). The zero-order chi connectivity index (χ0) is 17.1. The first kappa shape index (κ1) is 16.5. The van der Waals surface area contributed by atoms with Gasteiger partial charge in [-0.2, -0.15) is 9.98 Å². The molecule has 0 aliphatic carbocycles. The number of aliphatic imine (C=N–C) groups is 1. The highest BCUT2D eigenvalue weighted by atomic mass is 35.5. The molecule has 9 heteroatoms. The first-order valence-electron chi connectivity index (χ1n) is 7.46. The van der Waals surface area contributed by atoms with Crippen LogP contribution < -0.4 is 4.90 Å². The van der Waals surface area contributed by atoms with Crippen LogP contribution in [0.2, 0.25) is 5.28 Å². The molecule has 0 bridgehead atoms. The predicted molar refractivity (Wildman–Crippen MR) is 91.9 cm³/mol. The van der Waals surface area contributed by atoms with Crippen LogP contribution in [0.5, 0.6) is 0 Å². The summed E-state index contributed by atoms with van der Waals surface area (Å²) < 4.78 is 5.36. The van der Waals surface area contributed by atoms with E-state index in [9.17, 15) is 4.79 Å². The molecule has 0 radical (unpaired) electrons. The minimum atomic E-state index is -0.423. The molecular formula is C15H17ClN6O2. The second-order valence-corrected chi connectivity index (χ2v) is 5.83. The molecule has 8 nitrogen and oxygen atoms in total. The van der Waals surface area contributed by atoms with E-state index in [0.29, 0.717) is 43.2 Å². The van der Waals surface area contributed by atoms with E-state index in [4.69, 9.17) is 16.3 Å². The smallest absolute Gasteiger partial charge is 0.296 e. The number of carbonyl (C=O) groups is 1. The van der Waals surface area contributed by atoms with Gasteiger partial charge in [0.25, 0.3) is 5.91 Å². The van der Waals surface area contributed by atoms with Crippen LogP contribution in [-0.4, -0.2) is 72.5 Å². The van der Waals surface area contributed by atoms with Crippen LogP contribution in [0.1, 0.15) is 10.5 Å². The molecule has 1 aliphatic rings. The van der Waals surface area contributed by atoms with Gasteiger partial charge in [-0.1, -0.05) is 0 Å². The zero-order valence-electron chi connectivity index (χ0n) is 13.4. The van der Waals surface area contributed by atoms with Gasteiger partial charge in [0.15, 0.2) is 5.82 Å². The lowest BCUT2D eigenvalue weighted by atomic mass is 10.2. The molecule has 24 heavy (non-hydrogen) atoms. The van der Waals surface area contributed by atoms with E-state index >= 15 is 0 Å². The summed E-state index contributed by atoms with van der Waals surface area (Å²) in [5.41, 5.74) is 1.36. The van der Waals surface area contributed by atoms with Gasteiger partial charge in [-0.05, 0) is 23.7 Å². The van der Waals surface area contributed by atoms with Crippen molar-refractivity contribution in [3.8, 4) is 0 Å². The van der Waals surface area contributed by atoms with Gasteiger partial charge in [-0.3, -0.25) is 4.79 Å². The van der Waals surface area contributed by atoms with E-state index in [-0.39, 0.29) is 11.0 Å². The Kier molecular flexibility index (Phi) is 4.86. The highest BCUT2D eigenvalue weighted by Gasteiger charge is 2.19. The molecule has 0 N–H and O–H groups in total. The van der Waals surface area contributed by atoms with Gasteiger partial charge in [0.05, 0.1) is 25.1 Å². The Balaban J connectivity index is 2.03. The minimum absolute atomic E-state index is 0.149. The third-order valence-corrected chi connectivity index (χ3v) is 3.60. The van der Waals surface area contributed by atoms with E-state index in [1.807, 2.05) is 4.90 Å². The van der Waals surface area contributed by atoms with Crippen LogP contribution in [0.25, 0.3) is 11.0 Å². The fourth-order valence-electron chi connectivity index (χ4n) is 2.32. The number of hydrogen-bond acceptors (Lipinski definition) is 6. The Morgan fingerprint density at radius 3 is 2.75 bits per heavy atom. The quantitative estimate of drug-likeness (QED) is 0.469. The van der Waals surface area contributed by atoms with E-state index in [1.165, 1.54) is 6.34 Å². The molecule has 3 heterocycles. The summed E-state index contributed by atoms with van der Waals surface area (Å²) in [6.45, 7) is 2.58. The number of amides is 1. The number of hydrogen-bond donors (Lipinski definition) is 0. The van der Waals surface area contributed by atoms with Crippen LogP contribution in [0, 0.1) is 0 Å². The average molecular weight is 349 g/mol. The Morgan fingerprint density at radius 2 is 2.04 bits per heavy atom. The van der Waals surface area contributed by atoms with E-state index in [0.717, 1.165) is 0 Å². The van der Waals surface area contributed by atoms with Crippen molar-refractivity contribution in [2.45, 2.75) is 0 Å². The second-order valence-electron chi connectivity index (χ2n) is 5.49. The Morgan fingerprint density at radius 1 is 1.29 bits per heavy atom. The molecular weight excluding hydrogens is 332 g/mol. The number of carbonyl (C=O) groups excluding carboxylic acids is 1. The summed E-state index contributed by atoms with van der Waals surface area (Å²) in [5, 5.41) is 0.149. The third kappa shape index (κ3) is 3.60. The van der Waals surface area contributed by atoms with E-state index in [2.05, 4.69) is 19.9 Å². The van der Waals surface area contributed by atoms with Gasteiger partial charge >= 0.3 is 0 Å². The Labute approximate surface area is 144 Å². The Bertz CT molecular complexity index is 789. The van der Waals surface area contributed by atoms with Crippen molar-refractivity contribution in [3.05, 3.63) is 23.1 Å². The lowest BCUT2D eigenvalue weighted by Crippen LogP contribution is -2.37. The van der Waals surface area contributed by atoms with Crippen molar-refractivity contribution in [2.24, 2.45) is 4.99 Å². The Hall–Kier alpha value is -2.32. The molecule has 1 amide bonds. The molecule has 2 aromatic heterocycles. The highest BCUT2D eigenvalue weighted by molar-refractivity contribution is 6.28. The standard InChI is InChI=1S/C15H17ClN6O2/c1-21(2)9-17-14(23)11-4-3-10-12(18-11)13(20-15(16)19-10)22-5-7-24-8-6-22/h3-4,9H,5-8H2,1-2H3. The predicted octanol–water partition coefficient (Wildman–Crippen LogP) is 1.24. The van der Waals surface area contributed by atoms with Gasteiger partial charge in [-0.25, -0.2) is 9.97 Å². The summed E-state index contributed by atoms with van der Waals surface area (Å²) in [7, 11) is 3.58. The number of fused-ring (bicyclic) bond motifs is 1. The monoisotopic (exact) mass is 348 g/mol. The van der Waals surface area contributed by atoms with Gasteiger partial charge < -0.3 is 14.5 Å². The van der Waals surface area contributed by atoms with Crippen molar-refractivity contribution in [1.82, 2.24) is 19.9 Å². The molecule has 1 saturated heterocycles. The van der Waals surface area contributed by atoms with Crippen molar-refractivity contribution in [3.63, 3.8) is 0 Å². The molecule has 1 fully saturated rings. The number of morpholine rings is 1. The van der Waals surface area contributed by atoms with Gasteiger partial charge in [-0.15, -0.1) is 0 Å². The first-order valence-corrected chi connectivity index (χ1v) is 7.84. The maximum Gasteiger partial charge on any atom is 0.296 e. The third-order valence-electron chi connectivity index (χ3n) is 3.43. The maximum absolute atomic E-state index is 12.2. The largest absolute Gasteiger partial charge is 0.378 e. The van der Waals surface area contributed by atoms with Crippen LogP contribution >= 0.6 is 11.6 Å². The first-order chi connectivity index (χ1) is 11.5. The van der Waals surface area contributed by atoms with Gasteiger partial charge in [0.2, 0.25) is 5.28 Å². The summed E-state index contributed by atoms with van der Waals surface area (Å²) >= 11 is 6.03. The summed E-state index contributed by atoms with van der Waals surface area (Å²) in [6.07, 6.45) is 1.44.